The number of anilines is 1. The molecule has 72 valence electrons. The van der Waals surface area contributed by atoms with Crippen molar-refractivity contribution >= 4 is 5.82 Å². The van der Waals surface area contributed by atoms with Crippen molar-refractivity contribution < 1.29 is 18.3 Å². The van der Waals surface area contributed by atoms with E-state index in [0.717, 1.165) is 12.3 Å². The van der Waals surface area contributed by atoms with Gasteiger partial charge in [0, 0.05) is 6.20 Å². The summed E-state index contributed by atoms with van der Waals surface area (Å²) in [6, 6.07) is 1.08. The number of pyridine rings is 1. The molecule has 0 atom stereocenters. The molecule has 0 amide bonds. The van der Waals surface area contributed by atoms with Crippen LogP contribution in [0.4, 0.5) is 19.0 Å². The highest BCUT2D eigenvalue weighted by molar-refractivity contribution is 5.46. The van der Waals surface area contributed by atoms with Gasteiger partial charge >= 0.3 is 6.18 Å². The largest absolute Gasteiger partial charge is 0.420 e. The molecule has 0 spiro atoms. The van der Waals surface area contributed by atoms with Crippen LogP contribution < -0.4 is 5.73 Å². The van der Waals surface area contributed by atoms with Gasteiger partial charge in [-0.15, -0.1) is 0 Å². The van der Waals surface area contributed by atoms with E-state index in [4.69, 9.17) is 10.8 Å². The lowest BCUT2D eigenvalue weighted by Crippen LogP contribution is -2.13. The van der Waals surface area contributed by atoms with Crippen molar-refractivity contribution in [3.05, 3.63) is 23.4 Å². The molecule has 0 aliphatic heterocycles. The first kappa shape index (κ1) is 9.79. The normalized spacial score (nSPS) is 11.7. The third-order valence-corrected chi connectivity index (χ3v) is 1.52. The smallest absolute Gasteiger partial charge is 0.392 e. The summed E-state index contributed by atoms with van der Waals surface area (Å²) in [5, 5.41) is 8.62. The SMILES string of the molecule is Nc1nccc(CO)c1C(F)(F)F. The quantitative estimate of drug-likeness (QED) is 0.702. The van der Waals surface area contributed by atoms with E-state index in [2.05, 4.69) is 4.98 Å². The van der Waals surface area contributed by atoms with E-state index in [1.54, 1.807) is 0 Å². The molecule has 0 fully saturated rings. The number of nitrogen functional groups attached to an aromatic ring is 1. The minimum atomic E-state index is -4.57. The van der Waals surface area contributed by atoms with Crippen LogP contribution in [0.25, 0.3) is 0 Å². The average molecular weight is 192 g/mol. The molecule has 3 N–H and O–H groups in total. The maximum absolute atomic E-state index is 12.3. The molecule has 1 aromatic rings. The average Bonchev–Trinajstić information content (AvgIpc) is 2.01. The van der Waals surface area contributed by atoms with Crippen molar-refractivity contribution in [3.8, 4) is 0 Å². The molecular weight excluding hydrogens is 185 g/mol. The van der Waals surface area contributed by atoms with Crippen molar-refractivity contribution in [1.82, 2.24) is 4.98 Å². The Morgan fingerprint density at radius 1 is 1.46 bits per heavy atom. The van der Waals surface area contributed by atoms with Crippen molar-refractivity contribution in [2.75, 3.05) is 5.73 Å². The van der Waals surface area contributed by atoms with Crippen molar-refractivity contribution in [2.45, 2.75) is 12.8 Å². The highest BCUT2D eigenvalue weighted by Gasteiger charge is 2.36. The number of aromatic nitrogens is 1. The highest BCUT2D eigenvalue weighted by Crippen LogP contribution is 2.34. The number of aliphatic hydroxyl groups is 1. The van der Waals surface area contributed by atoms with Gasteiger partial charge in [-0.3, -0.25) is 0 Å². The molecule has 1 rings (SSSR count). The number of nitrogens with two attached hydrogens (primary N) is 1. The fourth-order valence-electron chi connectivity index (χ4n) is 0.979. The molecule has 0 saturated carbocycles. The van der Waals surface area contributed by atoms with Crippen LogP contribution in [0.1, 0.15) is 11.1 Å². The predicted octanol–water partition coefficient (Wildman–Crippen LogP) is 1.17. The van der Waals surface area contributed by atoms with Crippen LogP contribution in [0, 0.1) is 0 Å². The summed E-state index contributed by atoms with van der Waals surface area (Å²) in [7, 11) is 0. The van der Waals surface area contributed by atoms with Crippen molar-refractivity contribution in [3.63, 3.8) is 0 Å². The van der Waals surface area contributed by atoms with E-state index in [1.165, 1.54) is 0 Å². The van der Waals surface area contributed by atoms with E-state index in [1.807, 2.05) is 0 Å². The van der Waals surface area contributed by atoms with Gasteiger partial charge in [0.25, 0.3) is 0 Å². The van der Waals surface area contributed by atoms with Gasteiger partial charge in [0.15, 0.2) is 0 Å². The van der Waals surface area contributed by atoms with Gasteiger partial charge in [-0.05, 0) is 11.6 Å². The molecule has 3 nitrogen and oxygen atoms in total. The Hall–Kier alpha value is -1.30. The van der Waals surface area contributed by atoms with Crippen molar-refractivity contribution in [1.29, 1.82) is 0 Å². The fourth-order valence-corrected chi connectivity index (χ4v) is 0.979. The zero-order chi connectivity index (χ0) is 10.1. The maximum Gasteiger partial charge on any atom is 0.420 e. The lowest BCUT2D eigenvalue weighted by molar-refractivity contribution is -0.138. The fraction of sp³-hybridized carbons (Fsp3) is 0.286. The zero-order valence-corrected chi connectivity index (χ0v) is 6.47. The number of halogens is 3. The Bertz CT molecular complexity index is 311. The number of aliphatic hydroxyl groups excluding tert-OH is 1. The molecule has 0 bridgehead atoms. The lowest BCUT2D eigenvalue weighted by atomic mass is 10.1. The van der Waals surface area contributed by atoms with Gasteiger partial charge in [0.1, 0.15) is 11.4 Å². The summed E-state index contributed by atoms with van der Waals surface area (Å²) < 4.78 is 36.8. The first-order valence-corrected chi connectivity index (χ1v) is 3.38. The Morgan fingerprint density at radius 3 is 2.46 bits per heavy atom. The molecule has 1 aromatic heterocycles. The summed E-state index contributed by atoms with van der Waals surface area (Å²) in [4.78, 5) is 3.30. The molecule has 0 aliphatic rings. The van der Waals surface area contributed by atoms with Crippen LogP contribution in [0.3, 0.4) is 0 Å². The second kappa shape index (κ2) is 3.21. The van der Waals surface area contributed by atoms with Gasteiger partial charge in [-0.1, -0.05) is 0 Å². The predicted molar refractivity (Wildman–Crippen MR) is 39.6 cm³/mol. The third-order valence-electron chi connectivity index (χ3n) is 1.52. The Balaban J connectivity index is 3.32. The van der Waals surface area contributed by atoms with Crippen LogP contribution in [0.2, 0.25) is 0 Å². The first-order chi connectivity index (χ1) is 5.96. The molecule has 0 aromatic carbocycles. The van der Waals surface area contributed by atoms with Gasteiger partial charge in [0.05, 0.1) is 6.61 Å². The number of rotatable bonds is 1. The van der Waals surface area contributed by atoms with E-state index < -0.39 is 24.2 Å². The summed E-state index contributed by atoms with van der Waals surface area (Å²) in [6.45, 7) is -0.707. The Labute approximate surface area is 72.0 Å². The summed E-state index contributed by atoms with van der Waals surface area (Å²) in [5.41, 5.74) is 3.72. The van der Waals surface area contributed by atoms with Gasteiger partial charge < -0.3 is 10.8 Å². The third kappa shape index (κ3) is 1.89. The van der Waals surface area contributed by atoms with Crippen LogP contribution in [0.5, 0.6) is 0 Å². The molecule has 0 saturated heterocycles. The minimum Gasteiger partial charge on any atom is -0.392 e. The minimum absolute atomic E-state index is 0.264. The molecule has 1 heterocycles. The van der Waals surface area contributed by atoms with E-state index in [9.17, 15) is 13.2 Å². The van der Waals surface area contributed by atoms with E-state index >= 15 is 0 Å². The molecular formula is C7H7F3N2O. The molecule has 6 heteroatoms. The monoisotopic (exact) mass is 192 g/mol. The van der Waals surface area contributed by atoms with Crippen LogP contribution in [-0.4, -0.2) is 10.1 Å². The lowest BCUT2D eigenvalue weighted by Gasteiger charge is -2.12. The molecule has 0 aliphatic carbocycles. The van der Waals surface area contributed by atoms with Crippen LogP contribution in [0.15, 0.2) is 12.3 Å². The summed E-state index contributed by atoms with van der Waals surface area (Å²) in [5.74, 6) is -0.612. The standard InChI is InChI=1S/C7H7F3N2O/c8-7(9,10)5-4(3-13)1-2-12-6(5)11/h1-2,13H,3H2,(H2,11,12). The van der Waals surface area contributed by atoms with Gasteiger partial charge in [-0.25, -0.2) is 4.98 Å². The second-order valence-corrected chi connectivity index (χ2v) is 2.39. The van der Waals surface area contributed by atoms with Crippen molar-refractivity contribution in [2.24, 2.45) is 0 Å². The number of hydrogen-bond donors (Lipinski definition) is 2. The number of hydrogen-bond acceptors (Lipinski definition) is 3. The van der Waals surface area contributed by atoms with Crippen LogP contribution in [-0.2, 0) is 12.8 Å². The highest BCUT2D eigenvalue weighted by atomic mass is 19.4. The molecule has 0 unspecified atom stereocenters. The Morgan fingerprint density at radius 2 is 2.08 bits per heavy atom. The van der Waals surface area contributed by atoms with E-state index in [-0.39, 0.29) is 5.56 Å². The topological polar surface area (TPSA) is 59.1 Å². The van der Waals surface area contributed by atoms with Crippen LogP contribution >= 0.6 is 0 Å². The summed E-state index contributed by atoms with van der Waals surface area (Å²) in [6.07, 6.45) is -3.45. The number of alkyl halides is 3. The van der Waals surface area contributed by atoms with Gasteiger partial charge in [-0.2, -0.15) is 13.2 Å². The van der Waals surface area contributed by atoms with E-state index in [0.29, 0.717) is 0 Å². The summed E-state index contributed by atoms with van der Waals surface area (Å²) >= 11 is 0. The molecule has 0 radical (unpaired) electrons. The zero-order valence-electron chi connectivity index (χ0n) is 6.47. The Kier molecular flexibility index (Phi) is 2.42. The molecule has 13 heavy (non-hydrogen) atoms. The second-order valence-electron chi connectivity index (χ2n) is 2.39. The van der Waals surface area contributed by atoms with Gasteiger partial charge in [0.2, 0.25) is 0 Å². The first-order valence-electron chi connectivity index (χ1n) is 3.38. The maximum atomic E-state index is 12.3. The number of nitrogens with zero attached hydrogens (tertiary/aromatic N) is 1.